The summed E-state index contributed by atoms with van der Waals surface area (Å²) >= 11 is 0. The fourth-order valence-corrected chi connectivity index (χ4v) is 5.49. The average molecular weight is 378 g/mol. The summed E-state index contributed by atoms with van der Waals surface area (Å²) in [7, 11) is -1.93. The van der Waals surface area contributed by atoms with E-state index in [1.54, 1.807) is 0 Å². The van der Waals surface area contributed by atoms with Crippen LogP contribution in [0.1, 0.15) is 41.5 Å². The molecular formula is C18H26N4O3S. The largest absolute Gasteiger partial charge is 0.333 e. The third-order valence-electron chi connectivity index (χ3n) is 5.65. The maximum Gasteiger partial charge on any atom is 0.333 e. The van der Waals surface area contributed by atoms with Crippen LogP contribution in [-0.4, -0.2) is 45.5 Å². The molecule has 1 heterocycles. The van der Waals surface area contributed by atoms with Crippen LogP contribution in [0.3, 0.4) is 0 Å². The first-order valence-electron chi connectivity index (χ1n) is 9.37. The summed E-state index contributed by atoms with van der Waals surface area (Å²) < 4.78 is 29.2. The predicted molar refractivity (Wildman–Crippen MR) is 101 cm³/mol. The lowest BCUT2D eigenvalue weighted by atomic mass is 9.99. The first-order chi connectivity index (χ1) is 12.4. The lowest BCUT2D eigenvalue weighted by molar-refractivity contribution is 0.256. The number of amides is 2. The molecule has 2 amide bonds. The first-order valence-corrected chi connectivity index (χ1v) is 10.9. The van der Waals surface area contributed by atoms with Crippen molar-refractivity contribution >= 4 is 21.9 Å². The molecule has 0 bridgehead atoms. The Morgan fingerprint density at radius 2 is 1.77 bits per heavy atom. The Morgan fingerprint density at radius 3 is 2.35 bits per heavy atom. The van der Waals surface area contributed by atoms with Crippen molar-refractivity contribution in [1.82, 2.24) is 14.3 Å². The Kier molecular flexibility index (Phi) is 4.66. The molecule has 1 saturated heterocycles. The molecule has 1 aliphatic heterocycles. The van der Waals surface area contributed by atoms with Crippen molar-refractivity contribution in [2.75, 3.05) is 25.5 Å². The molecule has 8 heteroatoms. The number of nitrogens with one attached hydrogen (secondary N) is 3. The third-order valence-corrected chi connectivity index (χ3v) is 6.75. The van der Waals surface area contributed by atoms with E-state index in [-0.39, 0.29) is 6.04 Å². The number of carbonyl (C=O) groups excluding carboxylic acids is 1. The minimum atomic E-state index is -3.87. The number of hydrogen-bond donors (Lipinski definition) is 3. The molecule has 142 valence electrons. The van der Waals surface area contributed by atoms with Crippen LogP contribution in [0.4, 0.5) is 10.5 Å². The Morgan fingerprint density at radius 1 is 1.12 bits per heavy atom. The van der Waals surface area contributed by atoms with Crippen molar-refractivity contribution < 1.29 is 13.2 Å². The molecule has 1 aromatic rings. The van der Waals surface area contributed by atoms with Crippen LogP contribution in [0.2, 0.25) is 0 Å². The van der Waals surface area contributed by atoms with Gasteiger partial charge in [-0.2, -0.15) is 13.1 Å². The second-order valence-electron chi connectivity index (χ2n) is 7.66. The van der Waals surface area contributed by atoms with Crippen molar-refractivity contribution in [3.63, 3.8) is 0 Å². The summed E-state index contributed by atoms with van der Waals surface area (Å²) in [6.45, 7) is 1.50. The Hall–Kier alpha value is -1.64. The van der Waals surface area contributed by atoms with E-state index in [4.69, 9.17) is 0 Å². The summed E-state index contributed by atoms with van der Waals surface area (Å²) in [6.07, 6.45) is 6.88. The van der Waals surface area contributed by atoms with E-state index < -0.39 is 16.2 Å². The van der Waals surface area contributed by atoms with Gasteiger partial charge in [-0.3, -0.25) is 0 Å². The van der Waals surface area contributed by atoms with Crippen molar-refractivity contribution in [2.45, 2.75) is 51.0 Å². The number of anilines is 1. The van der Waals surface area contributed by atoms with Gasteiger partial charge in [-0.05, 0) is 80.8 Å². The van der Waals surface area contributed by atoms with Crippen LogP contribution >= 0.6 is 0 Å². The number of nitrogens with zero attached hydrogens (tertiary/aromatic N) is 1. The van der Waals surface area contributed by atoms with Crippen LogP contribution in [0.5, 0.6) is 0 Å². The fraction of sp³-hybridized carbons (Fsp3) is 0.611. The van der Waals surface area contributed by atoms with E-state index in [0.717, 1.165) is 57.2 Å². The van der Waals surface area contributed by atoms with Crippen LogP contribution < -0.4 is 14.8 Å². The minimum absolute atomic E-state index is 0.157. The van der Waals surface area contributed by atoms with Gasteiger partial charge in [-0.15, -0.1) is 0 Å². The van der Waals surface area contributed by atoms with Crippen LogP contribution in [0, 0.1) is 0 Å². The van der Waals surface area contributed by atoms with E-state index in [9.17, 15) is 13.2 Å². The highest BCUT2D eigenvalue weighted by molar-refractivity contribution is 7.88. The number of likely N-dealkylation sites (tertiary alicyclic amines) is 1. The number of carbonyl (C=O) groups is 1. The highest BCUT2D eigenvalue weighted by atomic mass is 32.2. The SMILES string of the molecule is CN1CC[C@H](NS(=O)(=O)NC(=O)Nc2c3c(cc4c2CCC4)CCC3)C1. The summed E-state index contributed by atoms with van der Waals surface area (Å²) in [5.41, 5.74) is 5.82. The number of benzene rings is 1. The minimum Gasteiger partial charge on any atom is -0.307 e. The highest BCUT2D eigenvalue weighted by Crippen LogP contribution is 2.38. The van der Waals surface area contributed by atoms with Gasteiger partial charge in [-0.25, -0.2) is 9.52 Å². The standard InChI is InChI=1S/C18H26N4O3S/c1-22-9-8-14(11-22)20-26(24,25)21-18(23)19-17-15-6-2-4-12(15)10-13-5-3-7-16(13)17/h10,14,20H,2-9,11H2,1H3,(H2,19,21,23)/t14-/m0/s1. The lowest BCUT2D eigenvalue weighted by Crippen LogP contribution is -2.47. The molecule has 2 aliphatic carbocycles. The number of aryl methyl sites for hydroxylation is 2. The summed E-state index contributed by atoms with van der Waals surface area (Å²) in [5, 5.41) is 2.85. The highest BCUT2D eigenvalue weighted by Gasteiger charge is 2.28. The molecule has 0 saturated carbocycles. The topological polar surface area (TPSA) is 90.5 Å². The molecule has 0 spiro atoms. The zero-order valence-electron chi connectivity index (χ0n) is 15.1. The lowest BCUT2D eigenvalue weighted by Gasteiger charge is -2.18. The smallest absolute Gasteiger partial charge is 0.307 e. The number of urea groups is 1. The number of hydrogen-bond acceptors (Lipinski definition) is 4. The summed E-state index contributed by atoms with van der Waals surface area (Å²) in [4.78, 5) is 14.5. The van der Waals surface area contributed by atoms with E-state index in [2.05, 4.69) is 25.7 Å². The van der Waals surface area contributed by atoms with Gasteiger partial charge in [0.15, 0.2) is 0 Å². The van der Waals surface area contributed by atoms with E-state index in [1.807, 2.05) is 7.05 Å². The van der Waals surface area contributed by atoms with Gasteiger partial charge in [0.25, 0.3) is 0 Å². The molecule has 1 aromatic carbocycles. The van der Waals surface area contributed by atoms with E-state index in [0.29, 0.717) is 6.54 Å². The molecule has 1 atom stereocenters. The van der Waals surface area contributed by atoms with Crippen LogP contribution in [0.15, 0.2) is 6.07 Å². The molecule has 3 N–H and O–H groups in total. The van der Waals surface area contributed by atoms with E-state index >= 15 is 0 Å². The molecule has 0 unspecified atom stereocenters. The number of fused-ring (bicyclic) bond motifs is 2. The molecule has 26 heavy (non-hydrogen) atoms. The third kappa shape index (κ3) is 3.58. The maximum atomic E-state index is 12.4. The second kappa shape index (κ2) is 6.83. The zero-order chi connectivity index (χ0) is 18.3. The van der Waals surface area contributed by atoms with Gasteiger partial charge in [-0.1, -0.05) is 6.07 Å². The van der Waals surface area contributed by atoms with Crippen molar-refractivity contribution in [3.8, 4) is 0 Å². The Balaban J connectivity index is 1.47. The van der Waals surface area contributed by atoms with Crippen LogP contribution in [-0.2, 0) is 35.9 Å². The van der Waals surface area contributed by atoms with Gasteiger partial charge in [0.1, 0.15) is 0 Å². The van der Waals surface area contributed by atoms with Gasteiger partial charge in [0.05, 0.1) is 0 Å². The van der Waals surface area contributed by atoms with Gasteiger partial charge in [0, 0.05) is 18.3 Å². The fourth-order valence-electron chi connectivity index (χ4n) is 4.51. The maximum absolute atomic E-state index is 12.4. The molecule has 1 fully saturated rings. The molecule has 0 radical (unpaired) electrons. The molecule has 4 rings (SSSR count). The second-order valence-corrected chi connectivity index (χ2v) is 9.11. The van der Waals surface area contributed by atoms with Gasteiger partial charge >= 0.3 is 16.2 Å². The normalized spacial score (nSPS) is 22.3. The molecule has 7 nitrogen and oxygen atoms in total. The van der Waals surface area contributed by atoms with Crippen molar-refractivity contribution in [1.29, 1.82) is 0 Å². The number of likely N-dealkylation sites (N-methyl/N-ethyl adjacent to an activating group) is 1. The van der Waals surface area contributed by atoms with Gasteiger partial charge in [0.2, 0.25) is 0 Å². The zero-order valence-corrected chi connectivity index (χ0v) is 15.9. The summed E-state index contributed by atoms with van der Waals surface area (Å²) in [6, 6.07) is 1.44. The van der Waals surface area contributed by atoms with E-state index in [1.165, 1.54) is 22.3 Å². The van der Waals surface area contributed by atoms with Crippen molar-refractivity contribution in [3.05, 3.63) is 28.3 Å². The Labute approximate surface area is 154 Å². The summed E-state index contributed by atoms with van der Waals surface area (Å²) in [5.74, 6) is 0. The first kappa shape index (κ1) is 17.8. The average Bonchev–Trinajstić information content (AvgIpc) is 3.26. The number of rotatable bonds is 4. The van der Waals surface area contributed by atoms with Crippen molar-refractivity contribution in [2.24, 2.45) is 0 Å². The predicted octanol–water partition coefficient (Wildman–Crippen LogP) is 1.32. The molecule has 0 aromatic heterocycles. The quantitative estimate of drug-likeness (QED) is 0.737. The molecular weight excluding hydrogens is 352 g/mol. The monoisotopic (exact) mass is 378 g/mol. The molecule has 3 aliphatic rings. The van der Waals surface area contributed by atoms with Crippen LogP contribution in [0.25, 0.3) is 0 Å². The Bertz CT molecular complexity index is 805. The van der Waals surface area contributed by atoms with Gasteiger partial charge < -0.3 is 10.2 Å².